The normalized spacial score (nSPS) is 11.7. The van der Waals surface area contributed by atoms with Crippen molar-refractivity contribution in [2.75, 3.05) is 26.1 Å². The van der Waals surface area contributed by atoms with E-state index in [9.17, 15) is 4.79 Å². The predicted octanol–water partition coefficient (Wildman–Crippen LogP) is 3.27. The Kier molecular flexibility index (Phi) is 5.59. The van der Waals surface area contributed by atoms with Gasteiger partial charge in [-0.15, -0.1) is 11.3 Å². The smallest absolute Gasteiger partial charge is 0.319 e. The maximum absolute atomic E-state index is 11.8. The summed E-state index contributed by atoms with van der Waals surface area (Å²) in [7, 11) is 3.22. The van der Waals surface area contributed by atoms with Gasteiger partial charge in [0, 0.05) is 19.2 Å². The first-order valence-corrected chi connectivity index (χ1v) is 7.36. The number of methoxy groups -OCH3 is 2. The van der Waals surface area contributed by atoms with E-state index >= 15 is 0 Å². The summed E-state index contributed by atoms with van der Waals surface area (Å²) in [4.78, 5) is 11.8. The van der Waals surface area contributed by atoms with Crippen LogP contribution in [0.4, 0.5) is 9.80 Å². The molecule has 2 rings (SSSR count). The molecule has 112 valence electrons. The summed E-state index contributed by atoms with van der Waals surface area (Å²) < 4.78 is 10.8. The number of carbonyl (C=O) groups excluding carboxylic acids is 1. The standard InChI is InChI=1S/C15H18N2O3S/c1-19-12-7-4-3-6-11(12)13(20-2)10-16-15(18)17-14-8-5-9-21-14/h3-9,13H,10H2,1-2H3,(H2,16,17,18)/t13-/m1/s1. The highest BCUT2D eigenvalue weighted by molar-refractivity contribution is 7.14. The zero-order chi connectivity index (χ0) is 15.1. The van der Waals surface area contributed by atoms with Crippen molar-refractivity contribution in [3.8, 4) is 5.75 Å². The third kappa shape index (κ3) is 4.21. The monoisotopic (exact) mass is 306 g/mol. The van der Waals surface area contributed by atoms with Crippen LogP contribution >= 0.6 is 11.3 Å². The number of anilines is 1. The van der Waals surface area contributed by atoms with Gasteiger partial charge in [0.25, 0.3) is 0 Å². The van der Waals surface area contributed by atoms with Crippen LogP contribution in [0.1, 0.15) is 11.7 Å². The molecule has 0 fully saturated rings. The van der Waals surface area contributed by atoms with Crippen molar-refractivity contribution in [1.82, 2.24) is 5.32 Å². The number of urea groups is 1. The second-order valence-corrected chi connectivity index (χ2v) is 5.23. The van der Waals surface area contributed by atoms with Crippen molar-refractivity contribution in [2.24, 2.45) is 0 Å². The number of nitrogens with one attached hydrogen (secondary N) is 2. The highest BCUT2D eigenvalue weighted by Gasteiger charge is 2.16. The van der Waals surface area contributed by atoms with E-state index in [0.717, 1.165) is 16.3 Å². The molecule has 0 aliphatic rings. The summed E-state index contributed by atoms with van der Waals surface area (Å²) in [5.41, 5.74) is 0.902. The Morgan fingerprint density at radius 3 is 2.71 bits per heavy atom. The minimum absolute atomic E-state index is 0.255. The average Bonchev–Trinajstić information content (AvgIpc) is 3.01. The zero-order valence-corrected chi connectivity index (χ0v) is 12.8. The Balaban J connectivity index is 1.94. The molecule has 0 unspecified atom stereocenters. The van der Waals surface area contributed by atoms with Gasteiger partial charge in [0.05, 0.1) is 12.1 Å². The van der Waals surface area contributed by atoms with Gasteiger partial charge in [-0.3, -0.25) is 5.32 Å². The number of hydrogen-bond acceptors (Lipinski definition) is 4. The van der Waals surface area contributed by atoms with Crippen molar-refractivity contribution in [3.05, 3.63) is 47.3 Å². The Bertz CT molecular complexity index is 572. The van der Waals surface area contributed by atoms with Crippen molar-refractivity contribution in [3.63, 3.8) is 0 Å². The number of benzene rings is 1. The Hall–Kier alpha value is -2.05. The number of para-hydroxylation sites is 1. The number of ether oxygens (including phenoxy) is 2. The maximum atomic E-state index is 11.8. The lowest BCUT2D eigenvalue weighted by Gasteiger charge is -2.19. The van der Waals surface area contributed by atoms with Crippen LogP contribution in [0, 0.1) is 0 Å². The van der Waals surface area contributed by atoms with Gasteiger partial charge in [-0.1, -0.05) is 18.2 Å². The Morgan fingerprint density at radius 1 is 1.24 bits per heavy atom. The Labute approximate surface area is 127 Å². The number of amides is 2. The van der Waals surface area contributed by atoms with Gasteiger partial charge in [-0.05, 0) is 23.6 Å². The average molecular weight is 306 g/mol. The lowest BCUT2D eigenvalue weighted by molar-refractivity contribution is 0.102. The molecule has 0 radical (unpaired) electrons. The topological polar surface area (TPSA) is 59.6 Å². The number of hydrogen-bond donors (Lipinski definition) is 2. The zero-order valence-electron chi connectivity index (χ0n) is 12.0. The highest BCUT2D eigenvalue weighted by Crippen LogP contribution is 2.26. The number of carbonyl (C=O) groups is 1. The van der Waals surface area contributed by atoms with Gasteiger partial charge >= 0.3 is 6.03 Å². The SMILES string of the molecule is COc1ccccc1[C@@H](CNC(=O)Nc1cccs1)OC. The fourth-order valence-corrected chi connectivity index (χ4v) is 2.56. The molecule has 1 heterocycles. The molecule has 1 aromatic carbocycles. The van der Waals surface area contributed by atoms with E-state index in [2.05, 4.69) is 10.6 Å². The van der Waals surface area contributed by atoms with Crippen LogP contribution in [-0.2, 0) is 4.74 Å². The molecule has 1 aromatic heterocycles. The summed E-state index contributed by atoms with van der Waals surface area (Å²) in [5, 5.41) is 8.27. The molecule has 0 spiro atoms. The van der Waals surface area contributed by atoms with E-state index in [1.54, 1.807) is 14.2 Å². The lowest BCUT2D eigenvalue weighted by Crippen LogP contribution is -2.32. The van der Waals surface area contributed by atoms with Crippen LogP contribution in [-0.4, -0.2) is 26.8 Å². The third-order valence-corrected chi connectivity index (χ3v) is 3.76. The fourth-order valence-electron chi connectivity index (χ4n) is 1.94. The number of rotatable bonds is 6. The van der Waals surface area contributed by atoms with Crippen LogP contribution in [0.25, 0.3) is 0 Å². The van der Waals surface area contributed by atoms with Crippen LogP contribution in [0.2, 0.25) is 0 Å². The van der Waals surface area contributed by atoms with Gasteiger partial charge in [-0.25, -0.2) is 4.79 Å². The van der Waals surface area contributed by atoms with E-state index < -0.39 is 0 Å². The molecule has 21 heavy (non-hydrogen) atoms. The summed E-state index contributed by atoms with van der Waals surface area (Å²) >= 11 is 1.47. The van der Waals surface area contributed by atoms with Gasteiger partial charge in [0.2, 0.25) is 0 Å². The van der Waals surface area contributed by atoms with Crippen molar-refractivity contribution in [2.45, 2.75) is 6.10 Å². The summed E-state index contributed by atoms with van der Waals surface area (Å²) in [5.74, 6) is 0.741. The minimum Gasteiger partial charge on any atom is -0.496 e. The molecule has 2 N–H and O–H groups in total. The Morgan fingerprint density at radius 2 is 2.05 bits per heavy atom. The molecular formula is C15H18N2O3S. The molecule has 0 aliphatic heterocycles. The van der Waals surface area contributed by atoms with Gasteiger partial charge < -0.3 is 14.8 Å². The van der Waals surface area contributed by atoms with Crippen LogP contribution in [0.3, 0.4) is 0 Å². The molecule has 0 saturated carbocycles. The first-order valence-electron chi connectivity index (χ1n) is 6.48. The van der Waals surface area contributed by atoms with Gasteiger partial charge in [0.15, 0.2) is 0 Å². The van der Waals surface area contributed by atoms with E-state index in [-0.39, 0.29) is 12.1 Å². The molecule has 0 aliphatic carbocycles. The molecule has 2 amide bonds. The van der Waals surface area contributed by atoms with Crippen LogP contribution < -0.4 is 15.4 Å². The number of thiophene rings is 1. The quantitative estimate of drug-likeness (QED) is 0.861. The van der Waals surface area contributed by atoms with Crippen molar-refractivity contribution in [1.29, 1.82) is 0 Å². The second-order valence-electron chi connectivity index (χ2n) is 4.28. The van der Waals surface area contributed by atoms with E-state index in [1.165, 1.54) is 11.3 Å². The molecule has 1 atom stereocenters. The summed E-state index contributed by atoms with van der Waals surface area (Å²) in [6, 6.07) is 11.1. The second kappa shape index (κ2) is 7.66. The van der Waals surface area contributed by atoms with Gasteiger partial charge in [0.1, 0.15) is 11.9 Å². The third-order valence-electron chi connectivity index (χ3n) is 2.98. The lowest BCUT2D eigenvalue weighted by atomic mass is 10.1. The van der Waals surface area contributed by atoms with E-state index in [0.29, 0.717) is 6.54 Å². The van der Waals surface area contributed by atoms with E-state index in [1.807, 2.05) is 41.8 Å². The molecule has 0 saturated heterocycles. The van der Waals surface area contributed by atoms with Crippen LogP contribution in [0.15, 0.2) is 41.8 Å². The largest absolute Gasteiger partial charge is 0.496 e. The van der Waals surface area contributed by atoms with Crippen molar-refractivity contribution >= 4 is 22.4 Å². The molecule has 6 heteroatoms. The minimum atomic E-state index is -0.268. The van der Waals surface area contributed by atoms with Gasteiger partial charge in [-0.2, -0.15) is 0 Å². The van der Waals surface area contributed by atoms with E-state index in [4.69, 9.17) is 9.47 Å². The molecule has 2 aromatic rings. The summed E-state index contributed by atoms with van der Waals surface area (Å²) in [6.07, 6.45) is -0.268. The first-order chi connectivity index (χ1) is 10.2. The van der Waals surface area contributed by atoms with Crippen LogP contribution in [0.5, 0.6) is 5.75 Å². The predicted molar refractivity (Wildman–Crippen MR) is 84.1 cm³/mol. The molecular weight excluding hydrogens is 288 g/mol. The summed E-state index contributed by atoms with van der Waals surface area (Å²) in [6.45, 7) is 0.355. The maximum Gasteiger partial charge on any atom is 0.319 e. The molecule has 5 nitrogen and oxygen atoms in total. The first kappa shape index (κ1) is 15.3. The fraction of sp³-hybridized carbons (Fsp3) is 0.267. The van der Waals surface area contributed by atoms with Crippen molar-refractivity contribution < 1.29 is 14.3 Å². The molecule has 0 bridgehead atoms. The highest BCUT2D eigenvalue weighted by atomic mass is 32.1.